The van der Waals surface area contributed by atoms with Gasteiger partial charge in [-0.25, -0.2) is 0 Å². The van der Waals surface area contributed by atoms with Gasteiger partial charge in [0.15, 0.2) is 23.2 Å². The highest BCUT2D eigenvalue weighted by atomic mass is 32.2. The van der Waals surface area contributed by atoms with Gasteiger partial charge >= 0.3 is 17.9 Å². The molecule has 9 heteroatoms. The lowest BCUT2D eigenvalue weighted by molar-refractivity contribution is -0.197. The molecule has 0 bridgehead atoms. The molecular formula is C18H22O8S. The smallest absolute Gasteiger partial charge is 0.303 e. The fourth-order valence-electron chi connectivity index (χ4n) is 2.85. The predicted octanol–water partition coefficient (Wildman–Crippen LogP) is 1.38. The third kappa shape index (κ3) is 4.92. The number of carbonyl (C=O) groups is 3. The lowest BCUT2D eigenvalue weighted by Gasteiger charge is -2.45. The number of carbonyl (C=O) groups excluding carboxylic acids is 3. The molecule has 0 aliphatic carbocycles. The minimum Gasteiger partial charge on any atom is -0.497 e. The Kier molecular flexibility index (Phi) is 6.72. The van der Waals surface area contributed by atoms with Crippen LogP contribution in [0.15, 0.2) is 24.3 Å². The van der Waals surface area contributed by atoms with Crippen LogP contribution in [0.4, 0.5) is 0 Å². The number of ether oxygens (including phenoxy) is 4. The highest BCUT2D eigenvalue weighted by Crippen LogP contribution is 2.46. The van der Waals surface area contributed by atoms with Crippen LogP contribution in [0.5, 0.6) is 5.75 Å². The van der Waals surface area contributed by atoms with E-state index in [1.165, 1.54) is 27.9 Å². The van der Waals surface area contributed by atoms with E-state index in [-0.39, 0.29) is 5.75 Å². The highest BCUT2D eigenvalue weighted by Gasteiger charge is 2.55. The van der Waals surface area contributed by atoms with E-state index in [4.69, 9.17) is 18.9 Å². The molecule has 0 amide bonds. The fraction of sp³-hybridized carbons (Fsp3) is 0.500. The molecule has 2 rings (SSSR count). The molecule has 8 nitrogen and oxygen atoms in total. The Balaban J connectivity index is 2.46. The number of hydrogen-bond acceptors (Lipinski definition) is 9. The Labute approximate surface area is 161 Å². The topological polar surface area (TPSA) is 108 Å². The molecule has 1 aliphatic heterocycles. The Hall–Kier alpha value is -2.26. The second-order valence-electron chi connectivity index (χ2n) is 5.99. The van der Waals surface area contributed by atoms with Crippen molar-refractivity contribution in [1.29, 1.82) is 0 Å². The first-order valence-corrected chi connectivity index (χ1v) is 9.18. The van der Waals surface area contributed by atoms with E-state index in [1.54, 1.807) is 24.3 Å². The van der Waals surface area contributed by atoms with Crippen LogP contribution >= 0.6 is 11.8 Å². The largest absolute Gasteiger partial charge is 0.497 e. The monoisotopic (exact) mass is 398 g/mol. The van der Waals surface area contributed by atoms with E-state index >= 15 is 0 Å². The van der Waals surface area contributed by atoms with E-state index in [9.17, 15) is 19.5 Å². The Bertz CT molecular complexity index is 704. The summed E-state index contributed by atoms with van der Waals surface area (Å²) >= 11 is 1.03. The van der Waals surface area contributed by atoms with Crippen LogP contribution < -0.4 is 4.74 Å². The first-order valence-electron chi connectivity index (χ1n) is 8.20. The van der Waals surface area contributed by atoms with Gasteiger partial charge in [-0.1, -0.05) is 12.1 Å². The van der Waals surface area contributed by atoms with E-state index < -0.39 is 41.2 Å². The molecule has 1 aromatic carbocycles. The van der Waals surface area contributed by atoms with Crippen LogP contribution in [0, 0.1) is 0 Å². The van der Waals surface area contributed by atoms with Gasteiger partial charge < -0.3 is 24.1 Å². The van der Waals surface area contributed by atoms with Gasteiger partial charge in [0.05, 0.1) is 7.11 Å². The summed E-state index contributed by atoms with van der Waals surface area (Å²) in [5.74, 6) is -1.18. The van der Waals surface area contributed by atoms with Gasteiger partial charge in [-0.3, -0.25) is 14.4 Å². The molecule has 4 atom stereocenters. The molecule has 0 spiro atoms. The quantitative estimate of drug-likeness (QED) is 0.581. The van der Waals surface area contributed by atoms with Crippen molar-refractivity contribution in [2.75, 3.05) is 12.9 Å². The fourth-order valence-corrected chi connectivity index (χ4v) is 4.18. The van der Waals surface area contributed by atoms with Gasteiger partial charge in [0.2, 0.25) is 0 Å². The molecule has 1 fully saturated rings. The summed E-state index contributed by atoms with van der Waals surface area (Å²) in [4.78, 5) is 33.0. The van der Waals surface area contributed by atoms with Gasteiger partial charge in [0, 0.05) is 26.5 Å². The average molecular weight is 398 g/mol. The summed E-state index contributed by atoms with van der Waals surface area (Å²) in [5.41, 5.74) is 0.429. The van der Waals surface area contributed by atoms with Gasteiger partial charge in [-0.05, 0) is 17.7 Å². The van der Waals surface area contributed by atoms with Crippen molar-refractivity contribution in [3.8, 4) is 5.75 Å². The van der Waals surface area contributed by atoms with Crippen LogP contribution in [0.3, 0.4) is 0 Å². The second-order valence-corrected chi connectivity index (χ2v) is 7.23. The molecule has 27 heavy (non-hydrogen) atoms. The van der Waals surface area contributed by atoms with Crippen LogP contribution in [-0.2, 0) is 33.5 Å². The number of aliphatic hydroxyl groups is 1. The summed E-state index contributed by atoms with van der Waals surface area (Å²) in [6, 6.07) is 6.55. The molecule has 1 aliphatic rings. The molecule has 148 valence electrons. The molecule has 1 aromatic rings. The maximum absolute atomic E-state index is 11.7. The van der Waals surface area contributed by atoms with Crippen molar-refractivity contribution in [3.05, 3.63) is 29.8 Å². The molecule has 1 saturated heterocycles. The Morgan fingerprint density at radius 1 is 1.00 bits per heavy atom. The molecule has 0 aromatic heterocycles. The number of benzene rings is 1. The summed E-state index contributed by atoms with van der Waals surface area (Å²) in [7, 11) is 1.52. The van der Waals surface area contributed by atoms with Gasteiger partial charge in [-0.15, -0.1) is 11.8 Å². The zero-order chi connectivity index (χ0) is 20.2. The predicted molar refractivity (Wildman–Crippen MR) is 96.0 cm³/mol. The molecular weight excluding hydrogens is 376 g/mol. The minimum atomic E-state index is -1.71. The number of rotatable bonds is 5. The lowest BCUT2D eigenvalue weighted by atomic mass is 9.95. The molecule has 1 heterocycles. The first-order chi connectivity index (χ1) is 12.7. The molecule has 1 N–H and O–H groups in total. The van der Waals surface area contributed by atoms with Crippen LogP contribution in [0.1, 0.15) is 26.3 Å². The van der Waals surface area contributed by atoms with Crippen molar-refractivity contribution in [3.63, 3.8) is 0 Å². The number of hydrogen-bond donors (Lipinski definition) is 1. The zero-order valence-electron chi connectivity index (χ0n) is 15.5. The number of methoxy groups -OCH3 is 1. The van der Waals surface area contributed by atoms with Crippen molar-refractivity contribution >= 4 is 29.7 Å². The molecule has 1 unspecified atom stereocenters. The minimum absolute atomic E-state index is 0.137. The van der Waals surface area contributed by atoms with Gasteiger partial charge in [-0.2, -0.15) is 0 Å². The zero-order valence-corrected chi connectivity index (χ0v) is 16.3. The maximum Gasteiger partial charge on any atom is 0.303 e. The molecule has 0 saturated carbocycles. The summed E-state index contributed by atoms with van der Waals surface area (Å²) in [6.45, 7) is 3.59. The number of thioether (sulfide) groups is 1. The van der Waals surface area contributed by atoms with Crippen molar-refractivity contribution in [2.24, 2.45) is 0 Å². The van der Waals surface area contributed by atoms with Gasteiger partial charge in [0.1, 0.15) is 5.75 Å². The van der Waals surface area contributed by atoms with E-state index in [0.717, 1.165) is 11.8 Å². The van der Waals surface area contributed by atoms with Crippen molar-refractivity contribution in [1.82, 2.24) is 0 Å². The SMILES string of the molecule is COc1ccc(C2(O)SC[C@@H](OC(C)=O)[C@H](OC(C)=O)[C@H]2OC(C)=O)cc1. The number of esters is 3. The molecule has 0 radical (unpaired) electrons. The maximum atomic E-state index is 11.7. The normalized spacial score (nSPS) is 27.4. The average Bonchev–Trinajstić information content (AvgIpc) is 2.59. The van der Waals surface area contributed by atoms with E-state index in [1.807, 2.05) is 0 Å². The highest BCUT2D eigenvalue weighted by molar-refractivity contribution is 8.00. The van der Waals surface area contributed by atoms with Crippen LogP contribution in [0.25, 0.3) is 0 Å². The van der Waals surface area contributed by atoms with Gasteiger partial charge in [0.25, 0.3) is 0 Å². The summed E-state index contributed by atoms with van der Waals surface area (Å²) < 4.78 is 21.0. The third-order valence-electron chi connectivity index (χ3n) is 3.93. The Morgan fingerprint density at radius 3 is 2.04 bits per heavy atom. The van der Waals surface area contributed by atoms with Crippen LogP contribution in [-0.4, -0.2) is 54.2 Å². The first kappa shape index (κ1) is 21.0. The second kappa shape index (κ2) is 8.62. The lowest BCUT2D eigenvalue weighted by Crippen LogP contribution is -2.58. The van der Waals surface area contributed by atoms with E-state index in [2.05, 4.69) is 0 Å². The third-order valence-corrected chi connectivity index (χ3v) is 5.34. The van der Waals surface area contributed by atoms with E-state index in [0.29, 0.717) is 11.3 Å². The van der Waals surface area contributed by atoms with Crippen LogP contribution in [0.2, 0.25) is 0 Å². The van der Waals surface area contributed by atoms with Crippen molar-refractivity contribution in [2.45, 2.75) is 44.0 Å². The van der Waals surface area contributed by atoms with Crippen molar-refractivity contribution < 1.29 is 38.4 Å². The standard InChI is InChI=1S/C18H22O8S/c1-10(19)24-15-9-27-18(22,13-5-7-14(23-4)8-6-13)17(26-12(3)21)16(15)25-11(2)20/h5-8,15-17,22H,9H2,1-4H3/t15-,16+,17-,18?/m1/s1. The Morgan fingerprint density at radius 2 is 1.56 bits per heavy atom. The summed E-state index contributed by atoms with van der Waals surface area (Å²) in [5, 5.41) is 11.4. The summed E-state index contributed by atoms with van der Waals surface area (Å²) in [6.07, 6.45) is -3.32.